The van der Waals surface area contributed by atoms with Gasteiger partial charge in [-0.05, 0) is 53.8 Å². The van der Waals surface area contributed by atoms with Crippen LogP contribution in [-0.4, -0.2) is 23.3 Å². The van der Waals surface area contributed by atoms with Gasteiger partial charge in [-0.3, -0.25) is 0 Å². The van der Waals surface area contributed by atoms with Crippen LogP contribution in [0.2, 0.25) is 0 Å². The fourth-order valence-electron chi connectivity index (χ4n) is 1.59. The van der Waals surface area contributed by atoms with Crippen molar-refractivity contribution in [3.8, 4) is 11.5 Å². The van der Waals surface area contributed by atoms with Gasteiger partial charge in [0.25, 0.3) is 0 Å². The second-order valence-electron chi connectivity index (χ2n) is 4.01. The predicted octanol–water partition coefficient (Wildman–Crippen LogP) is 2.88. The lowest BCUT2D eigenvalue weighted by Gasteiger charge is -1.98. The summed E-state index contributed by atoms with van der Waals surface area (Å²) in [5.41, 5.74) is 0.974. The summed E-state index contributed by atoms with van der Waals surface area (Å²) in [6, 6.07) is 8.04. The smallest absolute Gasteiger partial charge is 0.247 e. The van der Waals surface area contributed by atoms with E-state index >= 15 is 0 Å². The number of benzene rings is 1. The molecule has 4 nitrogen and oxygen atoms in total. The topological polar surface area (TPSA) is 51.0 Å². The van der Waals surface area contributed by atoms with Gasteiger partial charge in [0.1, 0.15) is 0 Å². The molecule has 0 aliphatic rings. The molecule has 0 unspecified atom stereocenters. The van der Waals surface area contributed by atoms with E-state index in [1.54, 1.807) is 0 Å². The molecule has 0 saturated carbocycles. The van der Waals surface area contributed by atoms with Crippen LogP contribution in [0.5, 0.6) is 0 Å². The Kier molecular flexibility index (Phi) is 5.12. The molecular formula is C13H16IN3O. The lowest BCUT2D eigenvalue weighted by Crippen LogP contribution is -2.17. The van der Waals surface area contributed by atoms with Crippen molar-refractivity contribution in [1.82, 2.24) is 15.5 Å². The Labute approximate surface area is 120 Å². The predicted molar refractivity (Wildman–Crippen MR) is 79.3 cm³/mol. The van der Waals surface area contributed by atoms with E-state index in [1.807, 2.05) is 24.3 Å². The molecule has 0 spiro atoms. The summed E-state index contributed by atoms with van der Waals surface area (Å²) in [4.78, 5) is 0. The van der Waals surface area contributed by atoms with Crippen LogP contribution in [0.15, 0.2) is 28.7 Å². The standard InChI is InChI=1S/C13H16IN3O/c1-2-7-15-8-6-12-16-17-13(18-12)10-4-3-5-11(14)9-10/h3-5,9,15H,2,6-8H2,1H3. The van der Waals surface area contributed by atoms with Gasteiger partial charge in [-0.1, -0.05) is 13.0 Å². The maximum absolute atomic E-state index is 5.64. The quantitative estimate of drug-likeness (QED) is 0.638. The molecule has 2 rings (SSSR count). The SMILES string of the molecule is CCCNCCc1nnc(-c2cccc(I)c2)o1. The van der Waals surface area contributed by atoms with Crippen molar-refractivity contribution in [3.63, 3.8) is 0 Å². The van der Waals surface area contributed by atoms with Crippen molar-refractivity contribution in [2.75, 3.05) is 13.1 Å². The lowest BCUT2D eigenvalue weighted by molar-refractivity contribution is 0.494. The monoisotopic (exact) mass is 357 g/mol. The minimum absolute atomic E-state index is 0.596. The van der Waals surface area contributed by atoms with Crippen molar-refractivity contribution >= 4 is 22.6 Å². The highest BCUT2D eigenvalue weighted by Crippen LogP contribution is 2.19. The molecule has 18 heavy (non-hydrogen) atoms. The van der Waals surface area contributed by atoms with Gasteiger partial charge in [0, 0.05) is 22.1 Å². The molecule has 5 heteroatoms. The van der Waals surface area contributed by atoms with Gasteiger partial charge in [0.15, 0.2) is 0 Å². The third-order valence-corrected chi connectivity index (χ3v) is 3.15. The Bertz CT molecular complexity index is 498. The summed E-state index contributed by atoms with van der Waals surface area (Å²) in [7, 11) is 0. The number of nitrogens with zero attached hydrogens (tertiary/aromatic N) is 2. The summed E-state index contributed by atoms with van der Waals surface area (Å²) in [6.45, 7) is 4.05. The molecule has 1 heterocycles. The molecule has 0 saturated heterocycles. The van der Waals surface area contributed by atoms with Crippen LogP contribution in [-0.2, 0) is 6.42 Å². The molecule has 2 aromatic rings. The maximum atomic E-state index is 5.64. The zero-order valence-corrected chi connectivity index (χ0v) is 12.5. The van der Waals surface area contributed by atoms with Crippen LogP contribution in [0.4, 0.5) is 0 Å². The number of hydrogen-bond acceptors (Lipinski definition) is 4. The van der Waals surface area contributed by atoms with Crippen molar-refractivity contribution in [3.05, 3.63) is 33.7 Å². The highest BCUT2D eigenvalue weighted by atomic mass is 127. The first-order valence-corrected chi connectivity index (χ1v) is 7.16. The molecule has 1 N–H and O–H groups in total. The maximum Gasteiger partial charge on any atom is 0.247 e. The molecule has 0 atom stereocenters. The number of halogens is 1. The Balaban J connectivity index is 1.97. The Hall–Kier alpha value is -0.950. The van der Waals surface area contributed by atoms with E-state index < -0.39 is 0 Å². The molecule has 1 aromatic carbocycles. The number of rotatable bonds is 6. The van der Waals surface area contributed by atoms with Crippen molar-refractivity contribution in [1.29, 1.82) is 0 Å². The van der Waals surface area contributed by atoms with E-state index in [0.29, 0.717) is 11.8 Å². The first-order chi connectivity index (χ1) is 8.79. The van der Waals surface area contributed by atoms with Gasteiger partial charge in [0.2, 0.25) is 11.8 Å². The summed E-state index contributed by atoms with van der Waals surface area (Å²) >= 11 is 2.27. The molecule has 96 valence electrons. The van der Waals surface area contributed by atoms with Crippen molar-refractivity contribution < 1.29 is 4.42 Å². The second-order valence-corrected chi connectivity index (χ2v) is 5.26. The molecule has 0 bridgehead atoms. The second kappa shape index (κ2) is 6.84. The highest BCUT2D eigenvalue weighted by molar-refractivity contribution is 14.1. The molecule has 0 aliphatic carbocycles. The van der Waals surface area contributed by atoms with Gasteiger partial charge in [-0.15, -0.1) is 10.2 Å². The molecule has 0 aliphatic heterocycles. The third kappa shape index (κ3) is 3.78. The van der Waals surface area contributed by atoms with Crippen LogP contribution >= 0.6 is 22.6 Å². The fourth-order valence-corrected chi connectivity index (χ4v) is 2.13. The third-order valence-electron chi connectivity index (χ3n) is 2.48. The molecule has 0 radical (unpaired) electrons. The number of aromatic nitrogens is 2. The summed E-state index contributed by atoms with van der Waals surface area (Å²) in [5, 5.41) is 11.5. The van der Waals surface area contributed by atoms with Gasteiger partial charge >= 0.3 is 0 Å². The van der Waals surface area contributed by atoms with E-state index in [-0.39, 0.29) is 0 Å². The molecule has 0 amide bonds. The zero-order chi connectivity index (χ0) is 12.8. The van der Waals surface area contributed by atoms with Gasteiger partial charge < -0.3 is 9.73 Å². The number of hydrogen-bond donors (Lipinski definition) is 1. The van der Waals surface area contributed by atoms with Crippen LogP contribution in [0, 0.1) is 3.57 Å². The highest BCUT2D eigenvalue weighted by Gasteiger charge is 2.08. The molecular weight excluding hydrogens is 341 g/mol. The van der Waals surface area contributed by atoms with E-state index in [0.717, 1.165) is 35.1 Å². The van der Waals surface area contributed by atoms with Crippen molar-refractivity contribution in [2.24, 2.45) is 0 Å². The van der Waals surface area contributed by atoms with Gasteiger partial charge in [-0.25, -0.2) is 0 Å². The largest absolute Gasteiger partial charge is 0.421 e. The summed E-state index contributed by atoms with van der Waals surface area (Å²) < 4.78 is 6.80. The summed E-state index contributed by atoms with van der Waals surface area (Å²) in [6.07, 6.45) is 1.91. The first-order valence-electron chi connectivity index (χ1n) is 6.08. The van der Waals surface area contributed by atoms with Crippen LogP contribution in [0.3, 0.4) is 0 Å². The lowest BCUT2D eigenvalue weighted by atomic mass is 10.2. The van der Waals surface area contributed by atoms with Crippen molar-refractivity contribution in [2.45, 2.75) is 19.8 Å². The summed E-state index contributed by atoms with van der Waals surface area (Å²) in [5.74, 6) is 1.28. The average molecular weight is 357 g/mol. The van der Waals surface area contributed by atoms with Crippen LogP contribution in [0.25, 0.3) is 11.5 Å². The molecule has 0 fully saturated rings. The Morgan fingerprint density at radius 2 is 2.17 bits per heavy atom. The van der Waals surface area contributed by atoms with Gasteiger partial charge in [0.05, 0.1) is 0 Å². The number of nitrogens with one attached hydrogen (secondary N) is 1. The van der Waals surface area contributed by atoms with Gasteiger partial charge in [-0.2, -0.15) is 0 Å². The minimum Gasteiger partial charge on any atom is -0.421 e. The first kappa shape index (κ1) is 13.5. The fraction of sp³-hybridized carbons (Fsp3) is 0.385. The Morgan fingerprint density at radius 3 is 2.94 bits per heavy atom. The van der Waals surface area contributed by atoms with E-state index in [9.17, 15) is 0 Å². The normalized spacial score (nSPS) is 10.8. The van der Waals surface area contributed by atoms with E-state index in [1.165, 1.54) is 0 Å². The molecule has 1 aromatic heterocycles. The van der Waals surface area contributed by atoms with Crippen LogP contribution < -0.4 is 5.32 Å². The average Bonchev–Trinajstić information content (AvgIpc) is 2.83. The Morgan fingerprint density at radius 1 is 1.28 bits per heavy atom. The van der Waals surface area contributed by atoms with E-state index in [4.69, 9.17) is 4.42 Å². The zero-order valence-electron chi connectivity index (χ0n) is 10.3. The minimum atomic E-state index is 0.596. The van der Waals surface area contributed by atoms with E-state index in [2.05, 4.69) is 45.0 Å². The van der Waals surface area contributed by atoms with Crippen LogP contribution in [0.1, 0.15) is 19.2 Å².